The van der Waals surface area contributed by atoms with Crippen LogP contribution in [0.2, 0.25) is 0 Å². The molecule has 124 valence electrons. The van der Waals surface area contributed by atoms with E-state index in [0.29, 0.717) is 35.6 Å². The van der Waals surface area contributed by atoms with E-state index >= 15 is 0 Å². The third-order valence-electron chi connectivity index (χ3n) is 5.47. The van der Waals surface area contributed by atoms with Crippen molar-refractivity contribution in [3.05, 3.63) is 23.8 Å². The van der Waals surface area contributed by atoms with Crippen LogP contribution in [0.3, 0.4) is 0 Å². The van der Waals surface area contributed by atoms with E-state index in [-0.39, 0.29) is 12.8 Å². The summed E-state index contributed by atoms with van der Waals surface area (Å²) >= 11 is 0. The first-order valence-corrected chi connectivity index (χ1v) is 8.72. The van der Waals surface area contributed by atoms with E-state index in [1.54, 1.807) is 23.1 Å². The van der Waals surface area contributed by atoms with Crippen molar-refractivity contribution in [3.8, 4) is 11.5 Å². The molecule has 0 bridgehead atoms. The smallest absolute Gasteiger partial charge is 0.338 e. The summed E-state index contributed by atoms with van der Waals surface area (Å²) in [6.07, 6.45) is 6.37. The number of quaternary nitrogens is 1. The molecule has 1 unspecified atom stereocenters. The first-order chi connectivity index (χ1) is 11.3. The van der Waals surface area contributed by atoms with Crippen LogP contribution in [0.4, 0.5) is 0 Å². The van der Waals surface area contributed by atoms with Gasteiger partial charge in [-0.1, -0.05) is 0 Å². The van der Waals surface area contributed by atoms with Crippen molar-refractivity contribution in [2.75, 3.05) is 26.5 Å². The summed E-state index contributed by atoms with van der Waals surface area (Å²) in [5, 5.41) is 0. The van der Waals surface area contributed by atoms with Crippen LogP contribution in [0.25, 0.3) is 0 Å². The number of rotatable bonds is 3. The zero-order chi connectivity index (χ0) is 15.6. The molecule has 1 N–H and O–H groups in total. The minimum atomic E-state index is -0.258. The van der Waals surface area contributed by atoms with Crippen molar-refractivity contribution >= 4 is 5.97 Å². The van der Waals surface area contributed by atoms with Crippen LogP contribution < -0.4 is 14.4 Å². The lowest BCUT2D eigenvalue weighted by molar-refractivity contribution is -0.940. The Balaban J connectivity index is 1.37. The molecule has 1 aromatic rings. The molecule has 3 atom stereocenters. The van der Waals surface area contributed by atoms with Crippen molar-refractivity contribution < 1.29 is 23.9 Å². The number of carbonyl (C=O) groups is 1. The second-order valence-electron chi connectivity index (χ2n) is 6.83. The molecule has 3 aliphatic heterocycles. The van der Waals surface area contributed by atoms with Crippen LogP contribution in [0.15, 0.2) is 18.2 Å². The van der Waals surface area contributed by atoms with Crippen LogP contribution in [0.1, 0.15) is 42.5 Å². The van der Waals surface area contributed by atoms with Crippen molar-refractivity contribution in [1.82, 2.24) is 0 Å². The van der Waals surface area contributed by atoms with Crippen LogP contribution >= 0.6 is 0 Å². The van der Waals surface area contributed by atoms with Gasteiger partial charge in [0.1, 0.15) is 6.61 Å². The van der Waals surface area contributed by atoms with Crippen molar-refractivity contribution in [3.63, 3.8) is 0 Å². The van der Waals surface area contributed by atoms with Crippen LogP contribution in [-0.4, -0.2) is 38.5 Å². The van der Waals surface area contributed by atoms with Gasteiger partial charge in [-0.15, -0.1) is 0 Å². The molecule has 3 aliphatic rings. The highest BCUT2D eigenvalue weighted by molar-refractivity contribution is 5.90. The van der Waals surface area contributed by atoms with Crippen LogP contribution in [-0.2, 0) is 4.74 Å². The second kappa shape index (κ2) is 6.40. The quantitative estimate of drug-likeness (QED) is 0.857. The summed E-state index contributed by atoms with van der Waals surface area (Å²) in [7, 11) is 0. The number of hydrogen-bond donors (Lipinski definition) is 1. The number of hydrogen-bond acceptors (Lipinski definition) is 4. The average Bonchev–Trinajstić information content (AvgIpc) is 3.07. The molecule has 5 heteroatoms. The predicted molar refractivity (Wildman–Crippen MR) is 83.9 cm³/mol. The van der Waals surface area contributed by atoms with E-state index in [2.05, 4.69) is 0 Å². The maximum atomic E-state index is 12.3. The topological polar surface area (TPSA) is 49.2 Å². The SMILES string of the molecule is O=C(OC[C@H]1CCC[NH+]2CCCC[C@H]12)c1ccc2c(c1)OCO2. The molecule has 0 saturated carbocycles. The van der Waals surface area contributed by atoms with E-state index < -0.39 is 0 Å². The molecule has 0 spiro atoms. The third kappa shape index (κ3) is 3.02. The predicted octanol–water partition coefficient (Wildman–Crippen LogP) is 1.42. The van der Waals surface area contributed by atoms with E-state index in [4.69, 9.17) is 14.2 Å². The Bertz CT molecular complexity index is 586. The first-order valence-electron chi connectivity index (χ1n) is 8.72. The van der Waals surface area contributed by atoms with Gasteiger partial charge in [0.2, 0.25) is 6.79 Å². The number of piperidine rings is 2. The summed E-state index contributed by atoms with van der Waals surface area (Å²) in [4.78, 5) is 14.1. The Labute approximate surface area is 136 Å². The summed E-state index contributed by atoms with van der Waals surface area (Å²) in [6, 6.07) is 5.91. The van der Waals surface area contributed by atoms with Crippen LogP contribution in [0, 0.1) is 5.92 Å². The first kappa shape index (κ1) is 14.8. The molecule has 2 saturated heterocycles. The van der Waals surface area contributed by atoms with Gasteiger partial charge in [0.25, 0.3) is 0 Å². The van der Waals surface area contributed by atoms with E-state index in [1.807, 2.05) is 0 Å². The number of ether oxygens (including phenoxy) is 3. The Hall–Kier alpha value is -1.75. The fourth-order valence-corrected chi connectivity index (χ4v) is 4.27. The molecule has 0 radical (unpaired) electrons. The molecule has 23 heavy (non-hydrogen) atoms. The van der Waals surface area contributed by atoms with Crippen LogP contribution in [0.5, 0.6) is 11.5 Å². The van der Waals surface area contributed by atoms with Crippen molar-refractivity contribution in [2.24, 2.45) is 5.92 Å². The van der Waals surface area contributed by atoms with Gasteiger partial charge >= 0.3 is 5.97 Å². The summed E-state index contributed by atoms with van der Waals surface area (Å²) in [6.45, 7) is 3.34. The van der Waals surface area contributed by atoms with Gasteiger partial charge in [-0.3, -0.25) is 0 Å². The average molecular weight is 318 g/mol. The number of carbonyl (C=O) groups excluding carboxylic acids is 1. The summed E-state index contributed by atoms with van der Waals surface area (Å²) in [5.74, 6) is 1.57. The lowest BCUT2D eigenvalue weighted by Gasteiger charge is -2.40. The molecule has 0 amide bonds. The Kier molecular flexibility index (Phi) is 4.12. The second-order valence-corrected chi connectivity index (χ2v) is 6.83. The largest absolute Gasteiger partial charge is 0.462 e. The lowest BCUT2D eigenvalue weighted by atomic mass is 9.84. The van der Waals surface area contributed by atoms with Gasteiger partial charge in [-0.2, -0.15) is 0 Å². The van der Waals surface area contributed by atoms with Gasteiger partial charge in [0.15, 0.2) is 11.5 Å². The maximum Gasteiger partial charge on any atom is 0.338 e. The minimum Gasteiger partial charge on any atom is -0.462 e. The number of fused-ring (bicyclic) bond motifs is 2. The highest BCUT2D eigenvalue weighted by atomic mass is 16.7. The molecular formula is C18H24NO4+. The number of nitrogens with one attached hydrogen (secondary N) is 1. The normalized spacial score (nSPS) is 29.0. The summed E-state index contributed by atoms with van der Waals surface area (Å²) in [5.41, 5.74) is 0.540. The molecule has 2 fully saturated rings. The van der Waals surface area contributed by atoms with Crippen molar-refractivity contribution in [1.29, 1.82) is 0 Å². The molecule has 0 aliphatic carbocycles. The van der Waals surface area contributed by atoms with E-state index in [0.717, 1.165) is 0 Å². The Morgan fingerprint density at radius 3 is 2.96 bits per heavy atom. The summed E-state index contributed by atoms with van der Waals surface area (Å²) < 4.78 is 16.2. The zero-order valence-corrected chi connectivity index (χ0v) is 13.4. The number of benzene rings is 1. The van der Waals surface area contributed by atoms with E-state index in [9.17, 15) is 4.79 Å². The molecule has 0 aromatic heterocycles. The Morgan fingerprint density at radius 2 is 2.00 bits per heavy atom. The highest BCUT2D eigenvalue weighted by Gasteiger charge is 2.37. The number of esters is 1. The standard InChI is InChI=1S/C18H23NO4/c20-18(13-6-7-16-17(10-13)23-12-22-16)21-11-14-4-3-9-19-8-2-1-5-15(14)19/h6-7,10,14-15H,1-5,8-9,11-12H2/p+1/t14-,15-/m1/s1. The fraction of sp³-hybridized carbons (Fsp3) is 0.611. The minimum absolute atomic E-state index is 0.218. The van der Waals surface area contributed by atoms with Gasteiger partial charge in [0, 0.05) is 5.92 Å². The van der Waals surface area contributed by atoms with Crippen molar-refractivity contribution in [2.45, 2.75) is 38.1 Å². The van der Waals surface area contributed by atoms with Gasteiger partial charge < -0.3 is 19.1 Å². The maximum absolute atomic E-state index is 12.3. The molecule has 3 heterocycles. The highest BCUT2D eigenvalue weighted by Crippen LogP contribution is 2.32. The van der Waals surface area contributed by atoms with E-state index in [1.165, 1.54) is 45.2 Å². The Morgan fingerprint density at radius 1 is 1.13 bits per heavy atom. The zero-order valence-electron chi connectivity index (χ0n) is 13.4. The molecular weight excluding hydrogens is 294 g/mol. The third-order valence-corrected chi connectivity index (χ3v) is 5.47. The molecule has 5 nitrogen and oxygen atoms in total. The van der Waals surface area contributed by atoms with Gasteiger partial charge in [0.05, 0.1) is 24.7 Å². The molecule has 1 aromatic carbocycles. The van der Waals surface area contributed by atoms with Gasteiger partial charge in [-0.25, -0.2) is 4.79 Å². The fourth-order valence-electron chi connectivity index (χ4n) is 4.27. The van der Waals surface area contributed by atoms with Gasteiger partial charge in [-0.05, 0) is 50.3 Å². The monoisotopic (exact) mass is 318 g/mol. The lowest BCUT2D eigenvalue weighted by Crippen LogP contribution is -3.18. The molecule has 4 rings (SSSR count).